The standard InChI is InChI=1S/C30H48N4O4/c1-21-17-34(22(2)20-35)29(36)26-16-25(32-30(37)31-24-12-8-5-9-13-24)14-15-27(26)38-28(21)19-33(3)18-23-10-6-4-7-11-23/h14-16,21-24,28,35H,4-13,17-20H2,1-3H3,(H2,31,32,37)/t21-,22+,28+/m1/s1. The van der Waals surface area contributed by atoms with E-state index in [1.807, 2.05) is 6.92 Å². The second-order valence-electron chi connectivity index (χ2n) is 12.0. The molecule has 0 spiro atoms. The minimum atomic E-state index is -0.317. The van der Waals surface area contributed by atoms with Gasteiger partial charge in [-0.3, -0.25) is 4.79 Å². The number of carbonyl (C=O) groups is 2. The lowest BCUT2D eigenvalue weighted by Gasteiger charge is -2.38. The number of anilines is 1. The molecule has 4 rings (SSSR count). The van der Waals surface area contributed by atoms with Crippen LogP contribution in [0, 0.1) is 11.8 Å². The Morgan fingerprint density at radius 3 is 2.47 bits per heavy atom. The van der Waals surface area contributed by atoms with Gasteiger partial charge in [-0.05, 0) is 63.8 Å². The van der Waals surface area contributed by atoms with Crippen molar-refractivity contribution in [1.82, 2.24) is 15.1 Å². The monoisotopic (exact) mass is 528 g/mol. The van der Waals surface area contributed by atoms with E-state index in [2.05, 4.69) is 29.5 Å². The SMILES string of the molecule is C[C@@H]1CN([C@@H](C)CO)C(=O)c2cc(NC(=O)NC3CCCCC3)ccc2O[C@H]1CN(C)CC1CCCCC1. The van der Waals surface area contributed by atoms with E-state index >= 15 is 0 Å². The Hall–Kier alpha value is -2.32. The van der Waals surface area contributed by atoms with Gasteiger partial charge in [-0.2, -0.15) is 0 Å². The van der Waals surface area contributed by atoms with Crippen molar-refractivity contribution in [3.05, 3.63) is 23.8 Å². The number of carbonyl (C=O) groups excluding carboxylic acids is 2. The summed E-state index contributed by atoms with van der Waals surface area (Å²) in [5, 5.41) is 15.9. The van der Waals surface area contributed by atoms with Crippen LogP contribution in [0.1, 0.15) is 88.4 Å². The highest BCUT2D eigenvalue weighted by molar-refractivity contribution is 5.99. The van der Waals surface area contributed by atoms with Crippen molar-refractivity contribution in [2.75, 3.05) is 38.6 Å². The van der Waals surface area contributed by atoms with Crippen molar-refractivity contribution in [1.29, 1.82) is 0 Å². The molecule has 1 aromatic carbocycles. The molecule has 2 aliphatic carbocycles. The minimum Gasteiger partial charge on any atom is -0.488 e. The summed E-state index contributed by atoms with van der Waals surface area (Å²) in [5.41, 5.74) is 0.984. The van der Waals surface area contributed by atoms with Crippen LogP contribution in [-0.4, -0.2) is 78.3 Å². The first kappa shape index (κ1) is 28.7. The molecule has 3 atom stereocenters. The smallest absolute Gasteiger partial charge is 0.319 e. The predicted molar refractivity (Wildman–Crippen MR) is 151 cm³/mol. The molecule has 2 saturated carbocycles. The quantitative estimate of drug-likeness (QED) is 0.447. The molecule has 0 radical (unpaired) electrons. The van der Waals surface area contributed by atoms with Gasteiger partial charge in [0.2, 0.25) is 0 Å². The van der Waals surface area contributed by atoms with Gasteiger partial charge in [-0.25, -0.2) is 4.79 Å². The number of urea groups is 1. The molecule has 8 heteroatoms. The molecule has 8 nitrogen and oxygen atoms in total. The van der Waals surface area contributed by atoms with Gasteiger partial charge in [0.15, 0.2) is 0 Å². The van der Waals surface area contributed by atoms with E-state index in [0.29, 0.717) is 23.5 Å². The molecule has 0 bridgehead atoms. The summed E-state index contributed by atoms with van der Waals surface area (Å²) in [4.78, 5) is 30.5. The van der Waals surface area contributed by atoms with Crippen molar-refractivity contribution in [3.63, 3.8) is 0 Å². The summed E-state index contributed by atoms with van der Waals surface area (Å²) in [6.45, 7) is 6.23. The van der Waals surface area contributed by atoms with Crippen LogP contribution in [-0.2, 0) is 0 Å². The number of amides is 3. The third kappa shape index (κ3) is 7.63. The van der Waals surface area contributed by atoms with Gasteiger partial charge >= 0.3 is 6.03 Å². The maximum absolute atomic E-state index is 13.7. The van der Waals surface area contributed by atoms with Gasteiger partial charge in [0.25, 0.3) is 5.91 Å². The largest absolute Gasteiger partial charge is 0.488 e. The summed E-state index contributed by atoms with van der Waals surface area (Å²) in [7, 11) is 2.17. The highest BCUT2D eigenvalue weighted by Gasteiger charge is 2.34. The zero-order valence-corrected chi connectivity index (χ0v) is 23.6. The third-order valence-electron chi connectivity index (χ3n) is 8.65. The van der Waals surface area contributed by atoms with E-state index in [1.165, 1.54) is 38.5 Å². The van der Waals surface area contributed by atoms with Crippen LogP contribution in [0.3, 0.4) is 0 Å². The molecule has 2 fully saturated rings. The zero-order valence-electron chi connectivity index (χ0n) is 23.6. The Morgan fingerprint density at radius 2 is 1.79 bits per heavy atom. The van der Waals surface area contributed by atoms with Crippen LogP contribution in [0.25, 0.3) is 0 Å². The highest BCUT2D eigenvalue weighted by atomic mass is 16.5. The van der Waals surface area contributed by atoms with Crippen LogP contribution in [0.15, 0.2) is 18.2 Å². The summed E-state index contributed by atoms with van der Waals surface area (Å²) >= 11 is 0. The lowest BCUT2D eigenvalue weighted by Crippen LogP contribution is -2.50. The zero-order chi connectivity index (χ0) is 27.1. The Labute approximate surface area is 228 Å². The van der Waals surface area contributed by atoms with Gasteiger partial charge in [-0.15, -0.1) is 0 Å². The summed E-state index contributed by atoms with van der Waals surface area (Å²) in [6.07, 6.45) is 12.0. The Kier molecular flexibility index (Phi) is 10.3. The van der Waals surface area contributed by atoms with Crippen molar-refractivity contribution in [3.8, 4) is 5.75 Å². The fraction of sp³-hybridized carbons (Fsp3) is 0.733. The lowest BCUT2D eigenvalue weighted by atomic mass is 9.89. The van der Waals surface area contributed by atoms with E-state index in [9.17, 15) is 14.7 Å². The van der Waals surface area contributed by atoms with Gasteiger partial charge in [0.1, 0.15) is 11.9 Å². The molecule has 3 amide bonds. The summed E-state index contributed by atoms with van der Waals surface area (Å²) in [6, 6.07) is 4.97. The van der Waals surface area contributed by atoms with Crippen molar-refractivity contribution < 1.29 is 19.4 Å². The van der Waals surface area contributed by atoms with Gasteiger partial charge in [-0.1, -0.05) is 45.4 Å². The lowest BCUT2D eigenvalue weighted by molar-refractivity contribution is 0.0330. The Bertz CT molecular complexity index is 929. The molecular formula is C30H48N4O4. The van der Waals surface area contributed by atoms with E-state index in [4.69, 9.17) is 4.74 Å². The second-order valence-corrected chi connectivity index (χ2v) is 12.0. The first-order chi connectivity index (χ1) is 18.3. The topological polar surface area (TPSA) is 94.1 Å². The predicted octanol–water partition coefficient (Wildman–Crippen LogP) is 4.87. The molecule has 212 valence electrons. The molecule has 1 heterocycles. The number of likely N-dealkylation sites (N-methyl/N-ethyl adjacent to an activating group) is 1. The average Bonchev–Trinajstić information content (AvgIpc) is 2.91. The number of hydrogen-bond donors (Lipinski definition) is 3. The third-order valence-corrected chi connectivity index (χ3v) is 8.65. The number of nitrogens with zero attached hydrogens (tertiary/aromatic N) is 2. The maximum Gasteiger partial charge on any atom is 0.319 e. The van der Waals surface area contributed by atoms with Crippen LogP contribution in [0.4, 0.5) is 10.5 Å². The fourth-order valence-corrected chi connectivity index (χ4v) is 6.31. The van der Waals surface area contributed by atoms with Crippen molar-refractivity contribution in [2.24, 2.45) is 11.8 Å². The van der Waals surface area contributed by atoms with Crippen LogP contribution in [0.5, 0.6) is 5.75 Å². The number of rotatable bonds is 8. The molecule has 3 aliphatic rings. The van der Waals surface area contributed by atoms with Crippen LogP contribution in [0.2, 0.25) is 0 Å². The summed E-state index contributed by atoms with van der Waals surface area (Å²) < 4.78 is 6.54. The molecular weight excluding hydrogens is 480 g/mol. The Balaban J connectivity index is 1.50. The van der Waals surface area contributed by atoms with Gasteiger partial charge < -0.3 is 30.3 Å². The van der Waals surface area contributed by atoms with E-state index in [-0.39, 0.29) is 42.7 Å². The molecule has 1 aromatic rings. The molecule has 3 N–H and O–H groups in total. The highest BCUT2D eigenvalue weighted by Crippen LogP contribution is 2.31. The van der Waals surface area contributed by atoms with Gasteiger partial charge in [0.05, 0.1) is 18.2 Å². The number of fused-ring (bicyclic) bond motifs is 1. The minimum absolute atomic E-state index is 0.0916. The average molecular weight is 529 g/mol. The first-order valence-electron chi connectivity index (χ1n) is 14.8. The number of nitrogens with one attached hydrogen (secondary N) is 2. The van der Waals surface area contributed by atoms with Gasteiger partial charge in [0, 0.05) is 37.3 Å². The molecule has 38 heavy (non-hydrogen) atoms. The number of benzene rings is 1. The van der Waals surface area contributed by atoms with Crippen LogP contribution < -0.4 is 15.4 Å². The second kappa shape index (κ2) is 13.7. The number of ether oxygens (including phenoxy) is 1. The molecule has 0 saturated heterocycles. The number of aliphatic hydroxyl groups is 1. The summed E-state index contributed by atoms with van der Waals surface area (Å²) in [5.74, 6) is 1.18. The fourth-order valence-electron chi connectivity index (χ4n) is 6.31. The van der Waals surface area contributed by atoms with Crippen molar-refractivity contribution in [2.45, 2.75) is 96.2 Å². The first-order valence-corrected chi connectivity index (χ1v) is 14.8. The maximum atomic E-state index is 13.7. The Morgan fingerprint density at radius 1 is 1.11 bits per heavy atom. The van der Waals surface area contributed by atoms with Crippen molar-refractivity contribution >= 4 is 17.6 Å². The van der Waals surface area contributed by atoms with Crippen LogP contribution >= 0.6 is 0 Å². The molecule has 1 aliphatic heterocycles. The van der Waals surface area contributed by atoms with E-state index in [0.717, 1.165) is 44.7 Å². The number of aliphatic hydroxyl groups excluding tert-OH is 1. The van der Waals surface area contributed by atoms with E-state index < -0.39 is 0 Å². The normalized spacial score (nSPS) is 24.2. The molecule has 0 aromatic heterocycles. The number of hydrogen-bond acceptors (Lipinski definition) is 5. The molecule has 0 unspecified atom stereocenters. The van der Waals surface area contributed by atoms with E-state index in [1.54, 1.807) is 23.1 Å².